The van der Waals surface area contributed by atoms with Gasteiger partial charge in [0.15, 0.2) is 17.1 Å². The summed E-state index contributed by atoms with van der Waals surface area (Å²) < 4.78 is 13.2. The van der Waals surface area contributed by atoms with Gasteiger partial charge in [-0.1, -0.05) is 30.3 Å². The number of carbonyl (C=O) groups is 1. The molecule has 1 aliphatic rings. The largest absolute Gasteiger partial charge is 0.493 e. The van der Waals surface area contributed by atoms with E-state index in [0.29, 0.717) is 49.8 Å². The summed E-state index contributed by atoms with van der Waals surface area (Å²) in [5.74, 6) is 1.98. The van der Waals surface area contributed by atoms with E-state index < -0.39 is 0 Å². The van der Waals surface area contributed by atoms with Gasteiger partial charge < -0.3 is 19.3 Å². The van der Waals surface area contributed by atoms with Crippen molar-refractivity contribution >= 4 is 22.8 Å². The fraction of sp³-hybridized carbons (Fsp3) is 0.280. The predicted octanol–water partition coefficient (Wildman–Crippen LogP) is 2.91. The van der Waals surface area contributed by atoms with E-state index >= 15 is 0 Å². The van der Waals surface area contributed by atoms with Crippen LogP contribution in [0.15, 0.2) is 61.1 Å². The second-order valence-corrected chi connectivity index (χ2v) is 8.12. The highest BCUT2D eigenvalue weighted by Gasteiger charge is 2.25. The normalized spacial score (nSPS) is 13.8. The molecule has 174 valence electrons. The first-order chi connectivity index (χ1) is 16.6. The number of hydrogen-bond donors (Lipinski definition) is 0. The number of benzene rings is 2. The average Bonchev–Trinajstić information content (AvgIpc) is 3.28. The van der Waals surface area contributed by atoms with Crippen LogP contribution in [0, 0.1) is 0 Å². The van der Waals surface area contributed by atoms with Crippen LogP contribution in [0.25, 0.3) is 11.0 Å². The third kappa shape index (κ3) is 4.24. The molecule has 3 heterocycles. The second kappa shape index (κ2) is 9.38. The van der Waals surface area contributed by atoms with E-state index in [2.05, 4.69) is 20.0 Å². The van der Waals surface area contributed by atoms with Crippen molar-refractivity contribution in [3.63, 3.8) is 0 Å². The Morgan fingerprint density at radius 1 is 1.00 bits per heavy atom. The molecule has 2 aromatic carbocycles. The monoisotopic (exact) mass is 458 g/mol. The number of methoxy groups -OCH3 is 1. The lowest BCUT2D eigenvalue weighted by molar-refractivity contribution is 0.0746. The summed E-state index contributed by atoms with van der Waals surface area (Å²) in [5.41, 5.74) is 2.44. The van der Waals surface area contributed by atoms with Gasteiger partial charge >= 0.3 is 0 Å². The van der Waals surface area contributed by atoms with Crippen LogP contribution >= 0.6 is 0 Å². The number of nitrogens with zero attached hydrogens (tertiary/aromatic N) is 6. The molecular formula is C25H26N6O3. The topological polar surface area (TPSA) is 85.6 Å². The highest BCUT2D eigenvalue weighted by molar-refractivity contribution is 5.95. The molecule has 4 aromatic rings. The zero-order valence-corrected chi connectivity index (χ0v) is 19.2. The zero-order valence-electron chi connectivity index (χ0n) is 19.2. The highest BCUT2D eigenvalue weighted by atomic mass is 16.5. The Labute approximate surface area is 197 Å². The van der Waals surface area contributed by atoms with Crippen LogP contribution in [0.4, 0.5) is 5.82 Å². The Morgan fingerprint density at radius 2 is 1.79 bits per heavy atom. The Morgan fingerprint density at radius 3 is 2.56 bits per heavy atom. The molecule has 0 unspecified atom stereocenters. The molecule has 0 atom stereocenters. The van der Waals surface area contributed by atoms with Gasteiger partial charge in [-0.2, -0.15) is 5.10 Å². The molecule has 2 aromatic heterocycles. The van der Waals surface area contributed by atoms with Crippen molar-refractivity contribution in [2.24, 2.45) is 7.05 Å². The van der Waals surface area contributed by atoms with Gasteiger partial charge in [0.1, 0.15) is 18.8 Å². The molecule has 0 saturated carbocycles. The standard InChI is InChI=1S/C25H26N6O3/c1-29-23-20(15-28-29)24(27-17-26-23)30-10-12-31(13-11-30)25(32)19-8-9-21(22(14-19)33-2)34-16-18-6-4-3-5-7-18/h3-9,14-15,17H,10-13,16H2,1-2H3. The van der Waals surface area contributed by atoms with Crippen molar-refractivity contribution < 1.29 is 14.3 Å². The van der Waals surface area contributed by atoms with Crippen LogP contribution in [0.2, 0.25) is 0 Å². The molecule has 1 saturated heterocycles. The summed E-state index contributed by atoms with van der Waals surface area (Å²) in [6, 6.07) is 15.3. The third-order valence-corrected chi connectivity index (χ3v) is 6.02. The van der Waals surface area contributed by atoms with Gasteiger partial charge in [0.05, 0.1) is 18.7 Å². The van der Waals surface area contributed by atoms with Crippen LogP contribution in [-0.4, -0.2) is 63.8 Å². The lowest BCUT2D eigenvalue weighted by Crippen LogP contribution is -2.49. The van der Waals surface area contributed by atoms with Crippen molar-refractivity contribution in [2.75, 3.05) is 38.2 Å². The van der Waals surface area contributed by atoms with Crippen LogP contribution in [0.1, 0.15) is 15.9 Å². The van der Waals surface area contributed by atoms with Gasteiger partial charge in [-0.3, -0.25) is 9.48 Å². The van der Waals surface area contributed by atoms with Crippen LogP contribution in [0.3, 0.4) is 0 Å². The number of hydrogen-bond acceptors (Lipinski definition) is 7. The van der Waals surface area contributed by atoms with E-state index in [1.165, 1.54) is 0 Å². The number of ether oxygens (including phenoxy) is 2. The first kappa shape index (κ1) is 21.7. The molecule has 5 rings (SSSR count). The Bertz CT molecular complexity index is 1300. The van der Waals surface area contributed by atoms with Crippen molar-refractivity contribution in [1.29, 1.82) is 0 Å². The first-order valence-electron chi connectivity index (χ1n) is 11.2. The molecular weight excluding hydrogens is 432 g/mol. The van der Waals surface area contributed by atoms with E-state index in [1.807, 2.05) is 42.3 Å². The van der Waals surface area contributed by atoms with E-state index in [-0.39, 0.29) is 5.91 Å². The van der Waals surface area contributed by atoms with Crippen LogP contribution in [0.5, 0.6) is 11.5 Å². The number of rotatable bonds is 6. The lowest BCUT2D eigenvalue weighted by Gasteiger charge is -2.35. The molecule has 0 bridgehead atoms. The first-order valence-corrected chi connectivity index (χ1v) is 11.2. The zero-order chi connectivity index (χ0) is 23.5. The molecule has 0 aliphatic carbocycles. The Balaban J connectivity index is 1.25. The van der Waals surface area contributed by atoms with E-state index in [1.54, 1.807) is 42.5 Å². The van der Waals surface area contributed by atoms with Crippen molar-refractivity contribution in [1.82, 2.24) is 24.6 Å². The number of amides is 1. The predicted molar refractivity (Wildman–Crippen MR) is 128 cm³/mol. The van der Waals surface area contributed by atoms with E-state index in [9.17, 15) is 4.79 Å². The number of fused-ring (bicyclic) bond motifs is 1. The summed E-state index contributed by atoms with van der Waals surface area (Å²) in [4.78, 5) is 26.0. The molecule has 9 heteroatoms. The molecule has 0 spiro atoms. The van der Waals surface area contributed by atoms with Crippen molar-refractivity contribution in [3.8, 4) is 11.5 Å². The molecule has 0 N–H and O–H groups in total. The number of aromatic nitrogens is 4. The third-order valence-electron chi connectivity index (χ3n) is 6.02. The van der Waals surface area contributed by atoms with Crippen molar-refractivity contribution in [2.45, 2.75) is 6.61 Å². The summed E-state index contributed by atoms with van der Waals surface area (Å²) >= 11 is 0. The SMILES string of the molecule is COc1cc(C(=O)N2CCN(c3ncnc4c3cnn4C)CC2)ccc1OCc1ccccc1. The molecule has 1 fully saturated rings. The van der Waals surface area contributed by atoms with Gasteiger partial charge in [0, 0.05) is 38.8 Å². The fourth-order valence-corrected chi connectivity index (χ4v) is 4.16. The minimum absolute atomic E-state index is 0.0261. The lowest BCUT2D eigenvalue weighted by atomic mass is 10.1. The highest BCUT2D eigenvalue weighted by Crippen LogP contribution is 2.30. The molecule has 1 aliphatic heterocycles. The van der Waals surface area contributed by atoms with Gasteiger partial charge in [0.25, 0.3) is 5.91 Å². The van der Waals surface area contributed by atoms with Gasteiger partial charge in [0.2, 0.25) is 0 Å². The quantitative estimate of drug-likeness (QED) is 0.439. The van der Waals surface area contributed by atoms with Crippen LogP contribution < -0.4 is 14.4 Å². The molecule has 9 nitrogen and oxygen atoms in total. The maximum Gasteiger partial charge on any atom is 0.254 e. The minimum atomic E-state index is -0.0261. The number of carbonyl (C=O) groups excluding carboxylic acids is 1. The van der Waals surface area contributed by atoms with Crippen LogP contribution in [-0.2, 0) is 13.7 Å². The Kier molecular flexibility index (Phi) is 5.99. The summed E-state index contributed by atoms with van der Waals surface area (Å²) in [5, 5.41) is 5.21. The maximum atomic E-state index is 13.2. The van der Waals surface area contributed by atoms with E-state index in [4.69, 9.17) is 9.47 Å². The molecule has 0 radical (unpaired) electrons. The molecule has 34 heavy (non-hydrogen) atoms. The van der Waals surface area contributed by atoms with Gasteiger partial charge in [-0.15, -0.1) is 0 Å². The van der Waals surface area contributed by atoms with Gasteiger partial charge in [-0.05, 0) is 23.8 Å². The molecule has 1 amide bonds. The summed E-state index contributed by atoms with van der Waals surface area (Å²) in [7, 11) is 3.45. The maximum absolute atomic E-state index is 13.2. The smallest absolute Gasteiger partial charge is 0.254 e. The summed E-state index contributed by atoms with van der Waals surface area (Å²) in [6.07, 6.45) is 3.35. The minimum Gasteiger partial charge on any atom is -0.493 e. The fourth-order valence-electron chi connectivity index (χ4n) is 4.16. The average molecular weight is 459 g/mol. The number of aryl methyl sites for hydroxylation is 1. The number of piperazine rings is 1. The van der Waals surface area contributed by atoms with Gasteiger partial charge in [-0.25, -0.2) is 9.97 Å². The Hall–Kier alpha value is -4.14. The van der Waals surface area contributed by atoms with Crippen molar-refractivity contribution in [3.05, 3.63) is 72.2 Å². The van der Waals surface area contributed by atoms with E-state index in [0.717, 1.165) is 22.4 Å². The second-order valence-electron chi connectivity index (χ2n) is 8.12. The summed E-state index contributed by atoms with van der Waals surface area (Å²) in [6.45, 7) is 2.99. The number of anilines is 1.